The van der Waals surface area contributed by atoms with E-state index in [1.165, 1.54) is 29.5 Å². The van der Waals surface area contributed by atoms with E-state index in [0.29, 0.717) is 6.54 Å². The van der Waals surface area contributed by atoms with E-state index in [2.05, 4.69) is 10.3 Å². The molecule has 1 aromatic heterocycles. The minimum atomic E-state index is -0.525. The fraction of sp³-hybridized carbons (Fsp3) is 0.250. The van der Waals surface area contributed by atoms with Crippen LogP contribution in [0.2, 0.25) is 0 Å². The van der Waals surface area contributed by atoms with Gasteiger partial charge in [-0.1, -0.05) is 6.07 Å². The Bertz CT molecular complexity index is 465. The van der Waals surface area contributed by atoms with E-state index in [-0.39, 0.29) is 5.56 Å². The van der Waals surface area contributed by atoms with Crippen molar-refractivity contribution in [1.82, 2.24) is 10.3 Å². The quantitative estimate of drug-likeness (QED) is 0.905. The summed E-state index contributed by atoms with van der Waals surface area (Å²) >= 11 is 1.49. The molecule has 0 saturated carbocycles. The molecule has 0 aliphatic heterocycles. The third-order valence-corrected chi connectivity index (χ3v) is 3.14. The lowest BCUT2D eigenvalue weighted by molar-refractivity contribution is 0.486. The van der Waals surface area contributed by atoms with Gasteiger partial charge in [0.05, 0.1) is 11.2 Å². The van der Waals surface area contributed by atoms with Crippen LogP contribution in [0.4, 0.5) is 8.78 Å². The molecular weight excluding hydrogens is 242 g/mol. The highest BCUT2D eigenvalue weighted by Crippen LogP contribution is 2.20. The molecule has 0 bridgehead atoms. The van der Waals surface area contributed by atoms with Crippen molar-refractivity contribution in [2.45, 2.75) is 19.5 Å². The molecule has 0 fully saturated rings. The van der Waals surface area contributed by atoms with Gasteiger partial charge in [0.25, 0.3) is 0 Å². The molecule has 0 aliphatic carbocycles. The Morgan fingerprint density at radius 2 is 2.06 bits per heavy atom. The number of rotatable bonds is 4. The first-order valence-corrected chi connectivity index (χ1v) is 6.17. The second-order valence-electron chi connectivity index (χ2n) is 3.72. The van der Waals surface area contributed by atoms with Crippen LogP contribution in [0.15, 0.2) is 29.1 Å². The highest BCUT2D eigenvalue weighted by atomic mass is 32.1. The van der Waals surface area contributed by atoms with E-state index >= 15 is 0 Å². The number of hydrogen-bond donors (Lipinski definition) is 1. The lowest BCUT2D eigenvalue weighted by Crippen LogP contribution is -2.20. The number of nitrogens with one attached hydrogen (secondary N) is 1. The zero-order chi connectivity index (χ0) is 12.3. The molecule has 2 aromatic rings. The summed E-state index contributed by atoms with van der Waals surface area (Å²) in [6.45, 7) is 2.23. The van der Waals surface area contributed by atoms with E-state index in [9.17, 15) is 8.78 Å². The standard InChI is InChI=1S/C12H12F2N2S/c1-8(15-5-9-6-17-7-16-9)12-10(13)3-2-4-11(12)14/h2-4,6-8,15H,5H2,1H3. The number of thiazole rings is 1. The highest BCUT2D eigenvalue weighted by molar-refractivity contribution is 7.07. The van der Waals surface area contributed by atoms with E-state index in [1.54, 1.807) is 12.4 Å². The molecule has 90 valence electrons. The third-order valence-electron chi connectivity index (χ3n) is 2.51. The Labute approximate surface area is 102 Å². The van der Waals surface area contributed by atoms with Crippen LogP contribution in [-0.4, -0.2) is 4.98 Å². The lowest BCUT2D eigenvalue weighted by Gasteiger charge is -2.14. The van der Waals surface area contributed by atoms with E-state index in [1.807, 2.05) is 5.38 Å². The van der Waals surface area contributed by atoms with Gasteiger partial charge in [0.2, 0.25) is 0 Å². The van der Waals surface area contributed by atoms with Crippen molar-refractivity contribution < 1.29 is 8.78 Å². The van der Waals surface area contributed by atoms with Crippen molar-refractivity contribution in [2.75, 3.05) is 0 Å². The van der Waals surface area contributed by atoms with Crippen LogP contribution < -0.4 is 5.32 Å². The van der Waals surface area contributed by atoms with Crippen LogP contribution in [-0.2, 0) is 6.54 Å². The van der Waals surface area contributed by atoms with Crippen LogP contribution in [0.5, 0.6) is 0 Å². The molecule has 1 heterocycles. The van der Waals surface area contributed by atoms with Crippen molar-refractivity contribution in [1.29, 1.82) is 0 Å². The molecule has 2 nitrogen and oxygen atoms in total. The van der Waals surface area contributed by atoms with Crippen LogP contribution in [0.3, 0.4) is 0 Å². The molecule has 0 spiro atoms. The molecule has 5 heteroatoms. The van der Waals surface area contributed by atoms with Crippen molar-refractivity contribution >= 4 is 11.3 Å². The Kier molecular flexibility index (Phi) is 3.81. The second-order valence-corrected chi connectivity index (χ2v) is 4.44. The van der Waals surface area contributed by atoms with Crippen LogP contribution in [0, 0.1) is 11.6 Å². The van der Waals surface area contributed by atoms with Gasteiger partial charge in [-0.2, -0.15) is 0 Å². The summed E-state index contributed by atoms with van der Waals surface area (Å²) in [5.74, 6) is -1.05. The summed E-state index contributed by atoms with van der Waals surface area (Å²) in [6, 6.07) is 3.50. The highest BCUT2D eigenvalue weighted by Gasteiger charge is 2.15. The zero-order valence-corrected chi connectivity index (χ0v) is 10.1. The summed E-state index contributed by atoms with van der Waals surface area (Å²) in [6.07, 6.45) is 0. The molecule has 0 saturated heterocycles. The maximum absolute atomic E-state index is 13.5. The average Bonchev–Trinajstić information content (AvgIpc) is 2.79. The topological polar surface area (TPSA) is 24.9 Å². The van der Waals surface area contributed by atoms with Gasteiger partial charge in [-0.25, -0.2) is 13.8 Å². The van der Waals surface area contributed by atoms with Crippen LogP contribution >= 0.6 is 11.3 Å². The molecule has 1 unspecified atom stereocenters. The maximum Gasteiger partial charge on any atom is 0.130 e. The van der Waals surface area contributed by atoms with Gasteiger partial charge < -0.3 is 5.32 Å². The molecule has 0 amide bonds. The first kappa shape index (κ1) is 12.1. The Balaban J connectivity index is 2.07. The normalized spacial score (nSPS) is 12.6. The van der Waals surface area contributed by atoms with Crippen molar-refractivity contribution in [3.05, 3.63) is 52.0 Å². The van der Waals surface area contributed by atoms with Gasteiger partial charge in [0.1, 0.15) is 11.6 Å². The maximum atomic E-state index is 13.5. The number of aromatic nitrogens is 1. The summed E-state index contributed by atoms with van der Waals surface area (Å²) in [7, 11) is 0. The van der Waals surface area contributed by atoms with E-state index in [4.69, 9.17) is 0 Å². The van der Waals surface area contributed by atoms with E-state index in [0.717, 1.165) is 5.69 Å². The molecular formula is C12H12F2N2S. The Morgan fingerprint density at radius 3 is 2.65 bits per heavy atom. The second kappa shape index (κ2) is 5.33. The molecule has 1 aromatic carbocycles. The van der Waals surface area contributed by atoms with Gasteiger partial charge in [-0.3, -0.25) is 0 Å². The van der Waals surface area contributed by atoms with Gasteiger partial charge >= 0.3 is 0 Å². The summed E-state index contributed by atoms with van der Waals surface area (Å²) in [5, 5.41) is 4.95. The number of nitrogens with zero attached hydrogens (tertiary/aromatic N) is 1. The molecule has 0 radical (unpaired) electrons. The predicted molar refractivity (Wildman–Crippen MR) is 63.7 cm³/mol. The van der Waals surface area contributed by atoms with Crippen LogP contribution in [0.1, 0.15) is 24.2 Å². The minimum absolute atomic E-state index is 0.0720. The summed E-state index contributed by atoms with van der Waals surface area (Å²) < 4.78 is 26.9. The largest absolute Gasteiger partial charge is 0.304 e. The smallest absolute Gasteiger partial charge is 0.130 e. The fourth-order valence-electron chi connectivity index (χ4n) is 1.61. The van der Waals surface area contributed by atoms with E-state index < -0.39 is 17.7 Å². The Morgan fingerprint density at radius 1 is 1.35 bits per heavy atom. The minimum Gasteiger partial charge on any atom is -0.304 e. The Hall–Kier alpha value is -1.33. The fourth-order valence-corrected chi connectivity index (χ4v) is 2.17. The van der Waals surface area contributed by atoms with Gasteiger partial charge in [-0.15, -0.1) is 11.3 Å². The number of halogens is 2. The average molecular weight is 254 g/mol. The number of benzene rings is 1. The first-order chi connectivity index (χ1) is 8.18. The molecule has 0 aliphatic rings. The van der Waals surface area contributed by atoms with Crippen molar-refractivity contribution in [3.8, 4) is 0 Å². The first-order valence-electron chi connectivity index (χ1n) is 5.23. The van der Waals surface area contributed by atoms with Crippen LogP contribution in [0.25, 0.3) is 0 Å². The van der Waals surface area contributed by atoms with Gasteiger partial charge in [0.15, 0.2) is 0 Å². The third kappa shape index (κ3) is 2.87. The molecule has 1 atom stereocenters. The van der Waals surface area contributed by atoms with Gasteiger partial charge in [-0.05, 0) is 19.1 Å². The summed E-state index contributed by atoms with van der Waals surface area (Å²) in [5.41, 5.74) is 2.67. The number of hydrogen-bond acceptors (Lipinski definition) is 3. The molecule has 2 rings (SSSR count). The zero-order valence-electron chi connectivity index (χ0n) is 9.28. The van der Waals surface area contributed by atoms with Gasteiger partial charge in [0, 0.05) is 23.5 Å². The van der Waals surface area contributed by atoms with Crippen molar-refractivity contribution in [2.24, 2.45) is 0 Å². The molecule has 1 N–H and O–H groups in total. The summed E-state index contributed by atoms with van der Waals surface area (Å²) in [4.78, 5) is 4.10. The molecule has 17 heavy (non-hydrogen) atoms. The SMILES string of the molecule is CC(NCc1cscn1)c1c(F)cccc1F. The lowest BCUT2D eigenvalue weighted by atomic mass is 10.1. The monoisotopic (exact) mass is 254 g/mol. The van der Waals surface area contributed by atoms with Crippen molar-refractivity contribution in [3.63, 3.8) is 0 Å². The predicted octanol–water partition coefficient (Wildman–Crippen LogP) is 3.27.